The van der Waals surface area contributed by atoms with Crippen LogP contribution < -0.4 is 0 Å². The summed E-state index contributed by atoms with van der Waals surface area (Å²) in [5.74, 6) is -1.00. The Morgan fingerprint density at radius 1 is 0.862 bits per heavy atom. The lowest BCUT2D eigenvalue weighted by Gasteiger charge is -2.33. The van der Waals surface area contributed by atoms with Gasteiger partial charge in [0.15, 0.2) is 6.61 Å². The van der Waals surface area contributed by atoms with Crippen LogP contribution in [0.15, 0.2) is 53.4 Å². The molecule has 0 N–H and O–H groups in total. The lowest BCUT2D eigenvalue weighted by molar-refractivity contribution is -0.135. The summed E-state index contributed by atoms with van der Waals surface area (Å²) >= 11 is 11.6. The van der Waals surface area contributed by atoms with E-state index in [0.717, 1.165) is 0 Å². The van der Waals surface area contributed by atoms with Crippen molar-refractivity contribution in [1.82, 2.24) is 9.21 Å². The third-order valence-corrected chi connectivity index (χ3v) is 6.87. The number of piperazine rings is 1. The SMILES string of the molecule is O=C(OCC(=O)N1CCN(S(=O)(=O)c2ccc(Cl)cc2)CC1)c1ccc(Cl)cc1. The van der Waals surface area contributed by atoms with Gasteiger partial charge < -0.3 is 9.64 Å². The van der Waals surface area contributed by atoms with Gasteiger partial charge in [0.1, 0.15) is 0 Å². The molecule has 3 rings (SSSR count). The van der Waals surface area contributed by atoms with E-state index in [1.54, 1.807) is 12.1 Å². The molecule has 0 atom stereocenters. The molecule has 0 bridgehead atoms. The Bertz CT molecular complexity index is 986. The first-order chi connectivity index (χ1) is 13.8. The molecular formula is C19H18Cl2N2O5S. The average Bonchev–Trinajstić information content (AvgIpc) is 2.72. The van der Waals surface area contributed by atoms with Crippen LogP contribution in [0.3, 0.4) is 0 Å². The number of amides is 1. The molecule has 10 heteroatoms. The van der Waals surface area contributed by atoms with Gasteiger partial charge in [0.25, 0.3) is 5.91 Å². The second-order valence-corrected chi connectivity index (χ2v) is 9.13. The minimum Gasteiger partial charge on any atom is -0.452 e. The Balaban J connectivity index is 1.52. The zero-order valence-corrected chi connectivity index (χ0v) is 17.6. The molecule has 1 heterocycles. The molecule has 0 aromatic heterocycles. The summed E-state index contributed by atoms with van der Waals surface area (Å²) in [5, 5.41) is 0.941. The molecule has 1 aliphatic heterocycles. The lowest BCUT2D eigenvalue weighted by Crippen LogP contribution is -2.51. The van der Waals surface area contributed by atoms with Crippen LogP contribution in [-0.2, 0) is 19.6 Å². The number of hydrogen-bond donors (Lipinski definition) is 0. The summed E-state index contributed by atoms with van der Waals surface area (Å²) in [5.41, 5.74) is 0.293. The van der Waals surface area contributed by atoms with E-state index in [1.165, 1.54) is 45.6 Å². The van der Waals surface area contributed by atoms with Gasteiger partial charge in [-0.25, -0.2) is 13.2 Å². The Morgan fingerprint density at radius 2 is 1.38 bits per heavy atom. The number of esters is 1. The molecule has 2 aromatic carbocycles. The fourth-order valence-electron chi connectivity index (χ4n) is 2.82. The minimum absolute atomic E-state index is 0.151. The molecular weight excluding hydrogens is 439 g/mol. The number of sulfonamides is 1. The van der Waals surface area contributed by atoms with Gasteiger partial charge in [-0.2, -0.15) is 4.31 Å². The highest BCUT2D eigenvalue weighted by atomic mass is 35.5. The molecule has 0 unspecified atom stereocenters. The number of benzene rings is 2. The Kier molecular flexibility index (Phi) is 6.79. The Hall–Kier alpha value is -2.13. The van der Waals surface area contributed by atoms with Crippen LogP contribution in [0.1, 0.15) is 10.4 Å². The Morgan fingerprint density at radius 3 is 1.93 bits per heavy atom. The number of halogens is 2. The van der Waals surface area contributed by atoms with Crippen molar-refractivity contribution >= 4 is 45.1 Å². The van der Waals surface area contributed by atoms with Crippen molar-refractivity contribution in [2.24, 2.45) is 0 Å². The number of carbonyl (C=O) groups excluding carboxylic acids is 2. The van der Waals surface area contributed by atoms with Crippen molar-refractivity contribution in [1.29, 1.82) is 0 Å². The van der Waals surface area contributed by atoms with Gasteiger partial charge >= 0.3 is 5.97 Å². The topological polar surface area (TPSA) is 84.0 Å². The van der Waals surface area contributed by atoms with Gasteiger partial charge in [-0.15, -0.1) is 0 Å². The largest absolute Gasteiger partial charge is 0.452 e. The van der Waals surface area contributed by atoms with Crippen molar-refractivity contribution in [3.05, 3.63) is 64.1 Å². The number of ether oxygens (including phenoxy) is 1. The van der Waals surface area contributed by atoms with Crippen molar-refractivity contribution in [2.45, 2.75) is 4.90 Å². The monoisotopic (exact) mass is 456 g/mol. The van der Waals surface area contributed by atoms with Crippen molar-refractivity contribution in [2.75, 3.05) is 32.8 Å². The van der Waals surface area contributed by atoms with E-state index in [2.05, 4.69) is 0 Å². The van der Waals surface area contributed by atoms with Gasteiger partial charge in [-0.1, -0.05) is 23.2 Å². The number of nitrogens with zero attached hydrogens (tertiary/aromatic N) is 2. The molecule has 1 fully saturated rings. The summed E-state index contributed by atoms with van der Waals surface area (Å²) in [4.78, 5) is 25.9. The van der Waals surface area contributed by atoms with E-state index in [1.807, 2.05) is 0 Å². The minimum atomic E-state index is -3.65. The molecule has 154 valence electrons. The van der Waals surface area contributed by atoms with Crippen LogP contribution in [-0.4, -0.2) is 62.3 Å². The number of carbonyl (C=O) groups is 2. The van der Waals surface area contributed by atoms with Gasteiger partial charge in [-0.05, 0) is 48.5 Å². The van der Waals surface area contributed by atoms with Gasteiger partial charge in [0.2, 0.25) is 10.0 Å². The predicted octanol–water partition coefficient (Wildman–Crippen LogP) is 2.68. The molecule has 0 spiro atoms. The van der Waals surface area contributed by atoms with Crippen LogP contribution in [0.4, 0.5) is 0 Å². The lowest BCUT2D eigenvalue weighted by atomic mass is 10.2. The average molecular weight is 457 g/mol. The van der Waals surface area contributed by atoms with E-state index < -0.39 is 22.6 Å². The van der Waals surface area contributed by atoms with Gasteiger partial charge in [-0.3, -0.25) is 4.79 Å². The van der Waals surface area contributed by atoms with Crippen molar-refractivity contribution in [3.8, 4) is 0 Å². The third-order valence-electron chi connectivity index (χ3n) is 4.45. The van der Waals surface area contributed by atoms with E-state index in [0.29, 0.717) is 15.6 Å². The highest BCUT2D eigenvalue weighted by molar-refractivity contribution is 7.89. The van der Waals surface area contributed by atoms with E-state index in [4.69, 9.17) is 27.9 Å². The second kappa shape index (κ2) is 9.13. The van der Waals surface area contributed by atoms with Crippen molar-refractivity contribution in [3.63, 3.8) is 0 Å². The van der Waals surface area contributed by atoms with E-state index in [9.17, 15) is 18.0 Å². The number of rotatable bonds is 5. The third kappa shape index (κ3) is 5.27. The van der Waals surface area contributed by atoms with Crippen LogP contribution in [0.5, 0.6) is 0 Å². The standard InChI is InChI=1S/C19H18Cl2N2O5S/c20-15-3-1-14(2-4-15)19(25)28-13-18(24)22-9-11-23(12-10-22)29(26,27)17-7-5-16(21)6-8-17/h1-8H,9-13H2. The molecule has 29 heavy (non-hydrogen) atoms. The van der Waals surface area contributed by atoms with Crippen molar-refractivity contribution < 1.29 is 22.7 Å². The van der Waals surface area contributed by atoms with Crippen LogP contribution in [0, 0.1) is 0 Å². The van der Waals surface area contributed by atoms with Gasteiger partial charge in [0.05, 0.1) is 10.5 Å². The first-order valence-corrected chi connectivity index (χ1v) is 10.9. The summed E-state index contributed by atoms with van der Waals surface area (Å²) < 4.78 is 31.7. The molecule has 0 saturated carbocycles. The zero-order chi connectivity index (χ0) is 21.0. The fourth-order valence-corrected chi connectivity index (χ4v) is 4.50. The smallest absolute Gasteiger partial charge is 0.338 e. The molecule has 1 aliphatic rings. The number of hydrogen-bond acceptors (Lipinski definition) is 5. The fraction of sp³-hybridized carbons (Fsp3) is 0.263. The molecule has 0 radical (unpaired) electrons. The highest BCUT2D eigenvalue weighted by Gasteiger charge is 2.30. The maximum absolute atomic E-state index is 12.7. The molecule has 1 amide bonds. The zero-order valence-electron chi connectivity index (χ0n) is 15.3. The Labute approximate surface area is 178 Å². The van der Waals surface area contributed by atoms with Crippen LogP contribution >= 0.6 is 23.2 Å². The molecule has 1 saturated heterocycles. The van der Waals surface area contributed by atoms with E-state index in [-0.39, 0.29) is 37.0 Å². The first-order valence-electron chi connectivity index (χ1n) is 8.73. The van der Waals surface area contributed by atoms with E-state index >= 15 is 0 Å². The second-order valence-electron chi connectivity index (χ2n) is 6.32. The maximum atomic E-state index is 12.7. The maximum Gasteiger partial charge on any atom is 0.338 e. The summed E-state index contributed by atoms with van der Waals surface area (Å²) in [6.07, 6.45) is 0. The quantitative estimate of drug-likeness (QED) is 0.645. The van der Waals surface area contributed by atoms with Gasteiger partial charge in [0, 0.05) is 36.2 Å². The van der Waals surface area contributed by atoms with Crippen LogP contribution in [0.2, 0.25) is 10.0 Å². The highest BCUT2D eigenvalue weighted by Crippen LogP contribution is 2.20. The summed E-state index contributed by atoms with van der Waals surface area (Å²) in [6, 6.07) is 12.1. The van der Waals surface area contributed by atoms with Crippen LogP contribution in [0.25, 0.3) is 0 Å². The molecule has 0 aliphatic carbocycles. The summed E-state index contributed by atoms with van der Waals surface area (Å²) in [6.45, 7) is 0.323. The summed E-state index contributed by atoms with van der Waals surface area (Å²) in [7, 11) is -3.65. The predicted molar refractivity (Wildman–Crippen MR) is 109 cm³/mol. The molecule has 7 nitrogen and oxygen atoms in total. The first kappa shape index (κ1) is 21.6. The normalized spacial score (nSPS) is 15.2. The molecule has 2 aromatic rings.